The van der Waals surface area contributed by atoms with E-state index in [1.807, 2.05) is 47.0 Å². The van der Waals surface area contributed by atoms with Crippen LogP contribution in [0.3, 0.4) is 0 Å². The van der Waals surface area contributed by atoms with Gasteiger partial charge in [0.25, 0.3) is 0 Å². The van der Waals surface area contributed by atoms with Crippen molar-refractivity contribution in [1.82, 2.24) is 14.8 Å². The molecule has 27 heavy (non-hydrogen) atoms. The maximum absolute atomic E-state index is 11.4. The van der Waals surface area contributed by atoms with Crippen LogP contribution in [0.1, 0.15) is 5.82 Å². The van der Waals surface area contributed by atoms with Crippen molar-refractivity contribution in [3.63, 3.8) is 0 Å². The molecule has 3 aromatic rings. The van der Waals surface area contributed by atoms with Crippen molar-refractivity contribution in [2.45, 2.75) is 11.8 Å². The molecule has 0 atom stereocenters. The standard InChI is InChI=1S/C18H18ClN3O3S2/c1-27(23,24)12-11-26-18-21-20-17(22(18)14-7-3-2-4-8-14)13-25-16-10-6-5-9-15(16)19/h2-10H,11-13H2,1H3. The number of sulfone groups is 1. The van der Waals surface area contributed by atoms with Crippen LogP contribution in [0.25, 0.3) is 5.69 Å². The molecule has 0 aliphatic carbocycles. The van der Waals surface area contributed by atoms with E-state index >= 15 is 0 Å². The Kier molecular flexibility index (Phi) is 6.41. The summed E-state index contributed by atoms with van der Waals surface area (Å²) in [6.07, 6.45) is 1.22. The highest BCUT2D eigenvalue weighted by Gasteiger charge is 2.16. The predicted molar refractivity (Wildman–Crippen MR) is 108 cm³/mol. The minimum Gasteiger partial charge on any atom is -0.484 e. The molecule has 0 aliphatic rings. The maximum Gasteiger partial charge on any atom is 0.195 e. The first-order valence-corrected chi connectivity index (χ1v) is 11.5. The Hall–Kier alpha value is -2.03. The molecular weight excluding hydrogens is 406 g/mol. The molecular formula is C18H18ClN3O3S2. The minimum absolute atomic E-state index is 0.0742. The fourth-order valence-corrected chi connectivity index (χ4v) is 4.67. The Balaban J connectivity index is 1.84. The zero-order chi connectivity index (χ0) is 19.3. The second kappa shape index (κ2) is 8.77. The van der Waals surface area contributed by atoms with E-state index < -0.39 is 9.84 Å². The van der Waals surface area contributed by atoms with Crippen LogP contribution in [0.4, 0.5) is 0 Å². The average Bonchev–Trinajstić information content (AvgIpc) is 3.03. The smallest absolute Gasteiger partial charge is 0.195 e. The molecule has 0 unspecified atom stereocenters. The maximum atomic E-state index is 11.4. The fraction of sp³-hybridized carbons (Fsp3) is 0.222. The van der Waals surface area contributed by atoms with E-state index in [1.54, 1.807) is 12.1 Å². The van der Waals surface area contributed by atoms with E-state index in [0.29, 0.717) is 27.5 Å². The number of hydrogen-bond donors (Lipinski definition) is 0. The SMILES string of the molecule is CS(=O)(=O)CCSc1nnc(COc2ccccc2Cl)n1-c1ccccc1. The molecule has 6 nitrogen and oxygen atoms in total. The normalized spacial score (nSPS) is 11.5. The van der Waals surface area contributed by atoms with Gasteiger partial charge in [-0.05, 0) is 24.3 Å². The third kappa shape index (κ3) is 5.47. The molecule has 3 rings (SSSR count). The van der Waals surface area contributed by atoms with Crippen LogP contribution in [-0.2, 0) is 16.4 Å². The third-order valence-corrected chi connectivity index (χ3v) is 6.04. The van der Waals surface area contributed by atoms with Gasteiger partial charge in [-0.15, -0.1) is 10.2 Å². The predicted octanol–water partition coefficient (Wildman–Crippen LogP) is 3.64. The van der Waals surface area contributed by atoms with Crippen molar-refractivity contribution in [1.29, 1.82) is 0 Å². The molecule has 2 aromatic carbocycles. The lowest BCUT2D eigenvalue weighted by molar-refractivity contribution is 0.293. The fourth-order valence-electron chi connectivity index (χ4n) is 2.31. The molecule has 0 radical (unpaired) electrons. The molecule has 0 saturated carbocycles. The number of thioether (sulfide) groups is 1. The number of para-hydroxylation sites is 2. The van der Waals surface area contributed by atoms with Crippen LogP contribution >= 0.6 is 23.4 Å². The summed E-state index contributed by atoms with van der Waals surface area (Å²) >= 11 is 7.48. The van der Waals surface area contributed by atoms with Crippen LogP contribution in [0.5, 0.6) is 5.75 Å². The summed E-state index contributed by atoms with van der Waals surface area (Å²) < 4.78 is 30.4. The first kappa shape index (κ1) is 19.7. The Morgan fingerprint density at radius 3 is 2.48 bits per heavy atom. The molecule has 9 heteroatoms. The number of ether oxygens (including phenoxy) is 1. The number of aromatic nitrogens is 3. The highest BCUT2D eigenvalue weighted by molar-refractivity contribution is 8.00. The van der Waals surface area contributed by atoms with Crippen molar-refractivity contribution < 1.29 is 13.2 Å². The van der Waals surface area contributed by atoms with Gasteiger partial charge < -0.3 is 4.74 Å². The zero-order valence-corrected chi connectivity index (χ0v) is 17.0. The van der Waals surface area contributed by atoms with E-state index in [2.05, 4.69) is 10.2 Å². The van der Waals surface area contributed by atoms with E-state index in [-0.39, 0.29) is 12.4 Å². The zero-order valence-electron chi connectivity index (χ0n) is 14.6. The first-order valence-electron chi connectivity index (χ1n) is 8.11. The topological polar surface area (TPSA) is 74.1 Å². The van der Waals surface area contributed by atoms with Crippen molar-refractivity contribution in [2.24, 2.45) is 0 Å². The minimum atomic E-state index is -3.03. The van der Waals surface area contributed by atoms with Crippen molar-refractivity contribution in [3.05, 3.63) is 65.4 Å². The monoisotopic (exact) mass is 423 g/mol. The second-order valence-electron chi connectivity index (χ2n) is 5.77. The van der Waals surface area contributed by atoms with Crippen molar-refractivity contribution >= 4 is 33.2 Å². The summed E-state index contributed by atoms with van der Waals surface area (Å²) in [5, 5.41) is 9.57. The summed E-state index contributed by atoms with van der Waals surface area (Å²) in [6, 6.07) is 16.8. The molecule has 0 saturated heterocycles. The van der Waals surface area contributed by atoms with Crippen LogP contribution in [0.2, 0.25) is 5.02 Å². The Morgan fingerprint density at radius 2 is 1.78 bits per heavy atom. The van der Waals surface area contributed by atoms with E-state index in [1.165, 1.54) is 18.0 Å². The van der Waals surface area contributed by atoms with Gasteiger partial charge in [0.15, 0.2) is 11.0 Å². The van der Waals surface area contributed by atoms with Gasteiger partial charge in [-0.1, -0.05) is 53.7 Å². The summed E-state index contributed by atoms with van der Waals surface area (Å²) in [6.45, 7) is 0.179. The van der Waals surface area contributed by atoms with E-state index in [4.69, 9.17) is 16.3 Å². The Bertz CT molecular complexity index is 1010. The lowest BCUT2D eigenvalue weighted by Gasteiger charge is -2.11. The molecule has 0 N–H and O–H groups in total. The third-order valence-electron chi connectivity index (χ3n) is 3.59. The molecule has 0 fully saturated rings. The van der Waals surface area contributed by atoms with Gasteiger partial charge in [-0.2, -0.15) is 0 Å². The quantitative estimate of drug-likeness (QED) is 0.515. The van der Waals surface area contributed by atoms with Gasteiger partial charge in [0.2, 0.25) is 0 Å². The average molecular weight is 424 g/mol. The highest BCUT2D eigenvalue weighted by Crippen LogP contribution is 2.26. The van der Waals surface area contributed by atoms with Gasteiger partial charge in [0.05, 0.1) is 10.8 Å². The van der Waals surface area contributed by atoms with E-state index in [0.717, 1.165) is 5.69 Å². The molecule has 0 spiro atoms. The van der Waals surface area contributed by atoms with Crippen LogP contribution in [-0.4, -0.2) is 40.9 Å². The lowest BCUT2D eigenvalue weighted by Crippen LogP contribution is -2.08. The van der Waals surface area contributed by atoms with E-state index in [9.17, 15) is 8.42 Å². The molecule has 142 valence electrons. The number of benzene rings is 2. The van der Waals surface area contributed by atoms with Crippen molar-refractivity contribution in [2.75, 3.05) is 17.8 Å². The molecule has 0 aliphatic heterocycles. The van der Waals surface area contributed by atoms with Gasteiger partial charge in [-0.25, -0.2) is 8.42 Å². The largest absolute Gasteiger partial charge is 0.484 e. The van der Waals surface area contributed by atoms with Crippen LogP contribution < -0.4 is 4.74 Å². The molecule has 1 aromatic heterocycles. The number of rotatable bonds is 8. The lowest BCUT2D eigenvalue weighted by atomic mass is 10.3. The molecule has 0 bridgehead atoms. The van der Waals surface area contributed by atoms with Crippen molar-refractivity contribution in [3.8, 4) is 11.4 Å². The number of nitrogens with zero attached hydrogens (tertiary/aromatic N) is 3. The summed E-state index contributed by atoms with van der Waals surface area (Å²) in [4.78, 5) is 0. The van der Waals surface area contributed by atoms with Gasteiger partial charge in [0, 0.05) is 17.7 Å². The summed E-state index contributed by atoms with van der Waals surface area (Å²) in [5.41, 5.74) is 0.877. The molecule has 0 amide bonds. The Morgan fingerprint density at radius 1 is 1.07 bits per heavy atom. The molecule has 1 heterocycles. The number of halogens is 1. The first-order chi connectivity index (χ1) is 12.9. The van der Waals surface area contributed by atoms with Gasteiger partial charge in [-0.3, -0.25) is 4.57 Å². The summed E-state index contributed by atoms with van der Waals surface area (Å²) in [5.74, 6) is 1.64. The highest BCUT2D eigenvalue weighted by atomic mass is 35.5. The second-order valence-corrected chi connectivity index (χ2v) is 9.50. The van der Waals surface area contributed by atoms with Crippen LogP contribution in [0, 0.1) is 0 Å². The van der Waals surface area contributed by atoms with Gasteiger partial charge in [0.1, 0.15) is 22.2 Å². The van der Waals surface area contributed by atoms with Gasteiger partial charge >= 0.3 is 0 Å². The van der Waals surface area contributed by atoms with Crippen LogP contribution in [0.15, 0.2) is 59.8 Å². The number of hydrogen-bond acceptors (Lipinski definition) is 6. The summed E-state index contributed by atoms with van der Waals surface area (Å²) in [7, 11) is -3.03. The Labute approximate surface area is 167 Å².